The normalized spacial score (nSPS) is 15.1. The fourth-order valence-electron chi connectivity index (χ4n) is 3.46. The number of benzene rings is 2. The highest BCUT2D eigenvalue weighted by atomic mass is 32.2. The summed E-state index contributed by atoms with van der Waals surface area (Å²) < 4.78 is 13.9. The Balaban J connectivity index is 1.56. The van der Waals surface area contributed by atoms with E-state index >= 15 is 0 Å². The molecule has 0 unspecified atom stereocenters. The lowest BCUT2D eigenvalue weighted by Crippen LogP contribution is -2.36. The number of nitrogens with zero attached hydrogens (tertiary/aromatic N) is 1. The number of aryl methyl sites for hydroxylation is 1. The first-order valence-electron chi connectivity index (χ1n) is 10.1. The molecule has 9 heteroatoms. The molecule has 0 saturated heterocycles. The molecule has 0 spiro atoms. The number of aromatic nitrogens is 2. The summed E-state index contributed by atoms with van der Waals surface area (Å²) in [6.45, 7) is 2.04. The van der Waals surface area contributed by atoms with Crippen molar-refractivity contribution in [3.05, 3.63) is 81.4 Å². The first-order chi connectivity index (χ1) is 15.4. The third-order valence-electron chi connectivity index (χ3n) is 5.20. The molecule has 2 heterocycles. The summed E-state index contributed by atoms with van der Waals surface area (Å²) in [6, 6.07) is 13.7. The van der Waals surface area contributed by atoms with Crippen LogP contribution >= 0.6 is 11.8 Å². The molecular weight excluding hydrogens is 431 g/mol. The zero-order valence-electron chi connectivity index (χ0n) is 17.3. The van der Waals surface area contributed by atoms with Gasteiger partial charge in [0, 0.05) is 17.9 Å². The highest BCUT2D eigenvalue weighted by Crippen LogP contribution is 2.31. The second-order valence-corrected chi connectivity index (χ2v) is 8.32. The number of hydrogen-bond donors (Lipinski definition) is 3. The maximum absolute atomic E-state index is 13.9. The van der Waals surface area contributed by atoms with Crippen molar-refractivity contribution in [3.63, 3.8) is 0 Å². The van der Waals surface area contributed by atoms with Crippen molar-refractivity contribution >= 4 is 35.1 Å². The highest BCUT2D eigenvalue weighted by Gasteiger charge is 2.34. The molecule has 1 aliphatic rings. The molecule has 32 heavy (non-hydrogen) atoms. The summed E-state index contributed by atoms with van der Waals surface area (Å²) in [7, 11) is 0. The number of hydrogen-bond acceptors (Lipinski definition) is 5. The molecule has 3 aromatic rings. The molecular formula is C23H21FN4O3S. The molecule has 0 saturated carbocycles. The van der Waals surface area contributed by atoms with Crippen LogP contribution in [0.4, 0.5) is 15.9 Å². The van der Waals surface area contributed by atoms with Gasteiger partial charge in [-0.3, -0.25) is 14.4 Å². The topological polar surface area (TPSA) is 104 Å². The van der Waals surface area contributed by atoms with Crippen molar-refractivity contribution in [1.82, 2.24) is 9.97 Å². The van der Waals surface area contributed by atoms with E-state index in [1.165, 1.54) is 6.07 Å². The van der Waals surface area contributed by atoms with Crippen LogP contribution in [0.3, 0.4) is 0 Å². The molecule has 2 amide bonds. The average Bonchev–Trinajstić information content (AvgIpc) is 2.78. The molecule has 3 N–H and O–H groups in total. The minimum atomic E-state index is -0.966. The van der Waals surface area contributed by atoms with Crippen molar-refractivity contribution in [2.75, 3.05) is 10.6 Å². The Bertz CT molecular complexity index is 1230. The predicted octanol–water partition coefficient (Wildman–Crippen LogP) is 3.83. The van der Waals surface area contributed by atoms with Crippen molar-refractivity contribution in [3.8, 4) is 0 Å². The third kappa shape index (κ3) is 4.72. The zero-order valence-corrected chi connectivity index (χ0v) is 18.1. The molecule has 1 aromatic heterocycles. The Morgan fingerprint density at radius 2 is 1.94 bits per heavy atom. The van der Waals surface area contributed by atoms with Crippen molar-refractivity contribution in [2.24, 2.45) is 0 Å². The smallest absolute Gasteiger partial charge is 0.257 e. The molecule has 0 aliphatic carbocycles. The van der Waals surface area contributed by atoms with Gasteiger partial charge in [-0.2, -0.15) is 0 Å². The number of thioether (sulfide) groups is 1. The third-order valence-corrected chi connectivity index (χ3v) is 6.12. The van der Waals surface area contributed by atoms with Crippen LogP contribution in [0.25, 0.3) is 0 Å². The van der Waals surface area contributed by atoms with E-state index in [2.05, 4.69) is 20.6 Å². The van der Waals surface area contributed by atoms with E-state index < -0.39 is 23.3 Å². The van der Waals surface area contributed by atoms with E-state index in [1.54, 1.807) is 30.3 Å². The van der Waals surface area contributed by atoms with Gasteiger partial charge in [0.1, 0.15) is 11.6 Å². The van der Waals surface area contributed by atoms with Crippen molar-refractivity contribution < 1.29 is 14.0 Å². The first-order valence-corrected chi connectivity index (χ1v) is 11.1. The molecule has 2 aromatic carbocycles. The lowest BCUT2D eigenvalue weighted by molar-refractivity contribution is -0.123. The predicted molar refractivity (Wildman–Crippen MR) is 121 cm³/mol. The van der Waals surface area contributed by atoms with E-state index in [1.807, 2.05) is 19.1 Å². The minimum absolute atomic E-state index is 0.0579. The van der Waals surface area contributed by atoms with Gasteiger partial charge >= 0.3 is 0 Å². The van der Waals surface area contributed by atoms with Gasteiger partial charge in [0.2, 0.25) is 11.8 Å². The van der Waals surface area contributed by atoms with Crippen LogP contribution in [0.5, 0.6) is 0 Å². The molecule has 0 radical (unpaired) electrons. The summed E-state index contributed by atoms with van der Waals surface area (Å²) >= 11 is 1.13. The fourth-order valence-corrected chi connectivity index (χ4v) is 4.30. The van der Waals surface area contributed by atoms with Gasteiger partial charge in [0.05, 0.1) is 11.5 Å². The molecule has 4 rings (SSSR count). The minimum Gasteiger partial charge on any atom is -0.326 e. The molecule has 1 aliphatic heterocycles. The Morgan fingerprint density at radius 3 is 2.66 bits per heavy atom. The molecule has 1 atom stereocenters. The van der Waals surface area contributed by atoms with Crippen LogP contribution in [0.1, 0.15) is 36.0 Å². The van der Waals surface area contributed by atoms with Gasteiger partial charge in [0.25, 0.3) is 5.56 Å². The second kappa shape index (κ2) is 9.35. The number of carbonyl (C=O) groups is 2. The Kier molecular flexibility index (Phi) is 6.36. The van der Waals surface area contributed by atoms with Gasteiger partial charge < -0.3 is 15.6 Å². The van der Waals surface area contributed by atoms with Gasteiger partial charge in [-0.25, -0.2) is 9.37 Å². The molecule has 164 valence electrons. The van der Waals surface area contributed by atoms with Gasteiger partial charge in [-0.15, -0.1) is 0 Å². The maximum Gasteiger partial charge on any atom is 0.257 e. The van der Waals surface area contributed by atoms with E-state index in [-0.39, 0.29) is 34.5 Å². The number of aromatic amines is 1. The first kappa shape index (κ1) is 21.8. The van der Waals surface area contributed by atoms with Crippen molar-refractivity contribution in [2.45, 2.75) is 36.6 Å². The van der Waals surface area contributed by atoms with Gasteiger partial charge in [0.15, 0.2) is 5.16 Å². The van der Waals surface area contributed by atoms with Crippen LogP contribution in [0, 0.1) is 5.82 Å². The number of fused-ring (bicyclic) bond motifs is 1. The molecule has 7 nitrogen and oxygen atoms in total. The Morgan fingerprint density at radius 1 is 1.19 bits per heavy atom. The molecule has 0 bridgehead atoms. The Labute approximate surface area is 187 Å². The highest BCUT2D eigenvalue weighted by molar-refractivity contribution is 7.98. The lowest BCUT2D eigenvalue weighted by atomic mass is 9.92. The van der Waals surface area contributed by atoms with Crippen LogP contribution in [-0.2, 0) is 21.8 Å². The lowest BCUT2D eigenvalue weighted by Gasteiger charge is -2.23. The quantitative estimate of drug-likeness (QED) is 0.390. The van der Waals surface area contributed by atoms with E-state index in [4.69, 9.17) is 0 Å². The maximum atomic E-state index is 13.9. The number of anilines is 2. The number of carbonyl (C=O) groups excluding carboxylic acids is 2. The largest absolute Gasteiger partial charge is 0.326 e. The monoisotopic (exact) mass is 452 g/mol. The SMILES string of the molecule is CCc1ccc(NC(=O)[C@@H]2CC(=O)Nc3nc(SCc4ccccc4F)[nH]c(=O)c32)cc1. The zero-order chi connectivity index (χ0) is 22.7. The summed E-state index contributed by atoms with van der Waals surface area (Å²) in [4.78, 5) is 44.9. The fraction of sp³-hybridized carbons (Fsp3) is 0.217. The van der Waals surface area contributed by atoms with E-state index in [0.717, 1.165) is 23.7 Å². The average molecular weight is 453 g/mol. The summed E-state index contributed by atoms with van der Waals surface area (Å²) in [5, 5.41) is 5.58. The van der Waals surface area contributed by atoms with Gasteiger partial charge in [-0.05, 0) is 35.7 Å². The van der Waals surface area contributed by atoms with Crippen LogP contribution in [-0.4, -0.2) is 21.8 Å². The number of rotatable bonds is 6. The Hall–Kier alpha value is -3.46. The van der Waals surface area contributed by atoms with E-state index in [0.29, 0.717) is 11.3 Å². The van der Waals surface area contributed by atoms with Crippen LogP contribution in [0.2, 0.25) is 0 Å². The number of H-pyrrole nitrogens is 1. The number of nitrogens with one attached hydrogen (secondary N) is 3. The van der Waals surface area contributed by atoms with Crippen LogP contribution in [0.15, 0.2) is 58.5 Å². The summed E-state index contributed by atoms with van der Waals surface area (Å²) in [5.74, 6) is -1.86. The van der Waals surface area contributed by atoms with Crippen LogP contribution < -0.4 is 16.2 Å². The summed E-state index contributed by atoms with van der Waals surface area (Å²) in [6.07, 6.45) is 0.723. The van der Waals surface area contributed by atoms with Crippen molar-refractivity contribution in [1.29, 1.82) is 0 Å². The number of halogens is 1. The second-order valence-electron chi connectivity index (χ2n) is 7.36. The summed E-state index contributed by atoms with van der Waals surface area (Å²) in [5.41, 5.74) is 1.79. The van der Waals surface area contributed by atoms with E-state index in [9.17, 15) is 18.8 Å². The van der Waals surface area contributed by atoms with Gasteiger partial charge in [-0.1, -0.05) is 49.0 Å². The standard InChI is InChI=1S/C23H21FN4O3S/c1-2-13-7-9-15(10-8-13)25-21(30)16-11-18(29)26-20-19(16)22(31)28-23(27-20)32-12-14-5-3-4-6-17(14)24/h3-10,16H,2,11-12H2,1H3,(H,25,30)(H2,26,27,28,29,31)/t16-/m1/s1. The number of amides is 2. The molecule has 0 fully saturated rings.